The standard InChI is InChI=1S/C14H17FN2O4/c1-21-11-3-2-9(8-10(11)15)13(14(19)20)17-6-4-12(18)16-5-7-17/h2-3,8,13H,4-7H2,1H3,(H,16,18)(H,19,20). The van der Waals surface area contributed by atoms with Crippen molar-refractivity contribution in [3.8, 4) is 5.75 Å². The van der Waals surface area contributed by atoms with Gasteiger partial charge in [-0.3, -0.25) is 14.5 Å². The van der Waals surface area contributed by atoms with E-state index < -0.39 is 17.8 Å². The number of methoxy groups -OCH3 is 1. The summed E-state index contributed by atoms with van der Waals surface area (Å²) in [6.45, 7) is 1.09. The van der Waals surface area contributed by atoms with Crippen molar-refractivity contribution in [1.29, 1.82) is 0 Å². The van der Waals surface area contributed by atoms with Gasteiger partial charge in [-0.15, -0.1) is 0 Å². The van der Waals surface area contributed by atoms with Gasteiger partial charge in [0.1, 0.15) is 6.04 Å². The molecule has 1 aliphatic rings. The first-order chi connectivity index (χ1) is 10.0. The Hall–Kier alpha value is -2.15. The van der Waals surface area contributed by atoms with Crippen LogP contribution in [0, 0.1) is 5.82 Å². The first-order valence-corrected chi connectivity index (χ1v) is 6.60. The molecule has 1 fully saturated rings. The summed E-state index contributed by atoms with van der Waals surface area (Å²) >= 11 is 0. The van der Waals surface area contributed by atoms with E-state index in [4.69, 9.17) is 4.74 Å². The molecule has 1 saturated heterocycles. The summed E-state index contributed by atoms with van der Waals surface area (Å²) in [4.78, 5) is 24.5. The van der Waals surface area contributed by atoms with E-state index in [9.17, 15) is 19.1 Å². The fraction of sp³-hybridized carbons (Fsp3) is 0.429. The predicted octanol–water partition coefficient (Wildman–Crippen LogP) is 0.782. The highest BCUT2D eigenvalue weighted by Crippen LogP contribution is 2.26. The van der Waals surface area contributed by atoms with Crippen LogP contribution in [-0.4, -0.2) is 48.6 Å². The number of aliphatic carboxylic acids is 1. The summed E-state index contributed by atoms with van der Waals surface area (Å²) in [5.41, 5.74) is 0.329. The van der Waals surface area contributed by atoms with E-state index in [1.54, 1.807) is 4.90 Å². The van der Waals surface area contributed by atoms with Crippen molar-refractivity contribution in [2.45, 2.75) is 12.5 Å². The number of carbonyl (C=O) groups is 2. The largest absolute Gasteiger partial charge is 0.494 e. The molecule has 1 heterocycles. The summed E-state index contributed by atoms with van der Waals surface area (Å²) < 4.78 is 18.6. The van der Waals surface area contributed by atoms with Crippen LogP contribution in [0.15, 0.2) is 18.2 Å². The minimum absolute atomic E-state index is 0.0654. The molecule has 21 heavy (non-hydrogen) atoms. The highest BCUT2D eigenvalue weighted by Gasteiger charge is 2.29. The Morgan fingerprint density at radius 1 is 1.48 bits per heavy atom. The number of carboxylic acids is 1. The molecule has 114 valence electrons. The lowest BCUT2D eigenvalue weighted by molar-refractivity contribution is -0.143. The smallest absolute Gasteiger partial charge is 0.325 e. The zero-order valence-corrected chi connectivity index (χ0v) is 11.6. The molecule has 6 nitrogen and oxygen atoms in total. The summed E-state index contributed by atoms with van der Waals surface area (Å²) in [5, 5.41) is 12.1. The second-order valence-electron chi connectivity index (χ2n) is 4.77. The van der Waals surface area contributed by atoms with E-state index in [0.29, 0.717) is 25.2 Å². The molecule has 0 bridgehead atoms. The first kappa shape index (κ1) is 15.2. The van der Waals surface area contributed by atoms with Crippen LogP contribution in [-0.2, 0) is 9.59 Å². The molecular weight excluding hydrogens is 279 g/mol. The Bertz CT molecular complexity index is 550. The fourth-order valence-corrected chi connectivity index (χ4v) is 2.40. The number of ether oxygens (including phenoxy) is 1. The number of rotatable bonds is 4. The average Bonchev–Trinajstić information content (AvgIpc) is 2.64. The molecule has 1 amide bonds. The van der Waals surface area contributed by atoms with Crippen LogP contribution in [0.4, 0.5) is 4.39 Å². The van der Waals surface area contributed by atoms with Gasteiger partial charge in [-0.1, -0.05) is 6.07 Å². The number of carbonyl (C=O) groups excluding carboxylic acids is 1. The Kier molecular flexibility index (Phi) is 4.74. The van der Waals surface area contributed by atoms with Crippen molar-refractivity contribution in [3.05, 3.63) is 29.6 Å². The summed E-state index contributed by atoms with van der Waals surface area (Å²) in [7, 11) is 1.35. The maximum absolute atomic E-state index is 13.8. The Balaban J connectivity index is 2.28. The number of nitrogens with one attached hydrogen (secondary N) is 1. The number of carboxylic acid groups (broad SMARTS) is 1. The molecule has 0 aromatic heterocycles. The van der Waals surface area contributed by atoms with Gasteiger partial charge in [0.05, 0.1) is 7.11 Å². The summed E-state index contributed by atoms with van der Waals surface area (Å²) in [6.07, 6.45) is 0.225. The molecule has 1 aromatic rings. The van der Waals surface area contributed by atoms with Crippen molar-refractivity contribution in [2.75, 3.05) is 26.7 Å². The maximum atomic E-state index is 13.8. The molecule has 2 N–H and O–H groups in total. The molecule has 1 atom stereocenters. The Morgan fingerprint density at radius 3 is 2.86 bits per heavy atom. The van der Waals surface area contributed by atoms with Crippen LogP contribution in [0.1, 0.15) is 18.0 Å². The number of amides is 1. The quantitative estimate of drug-likeness (QED) is 0.858. The molecule has 2 rings (SSSR count). The molecule has 0 spiro atoms. The number of hydrogen-bond donors (Lipinski definition) is 2. The van der Waals surface area contributed by atoms with E-state index in [0.717, 1.165) is 6.07 Å². The lowest BCUT2D eigenvalue weighted by Gasteiger charge is -2.27. The van der Waals surface area contributed by atoms with Crippen LogP contribution < -0.4 is 10.1 Å². The zero-order chi connectivity index (χ0) is 15.4. The second kappa shape index (κ2) is 6.53. The third-order valence-corrected chi connectivity index (χ3v) is 3.44. The van der Waals surface area contributed by atoms with Crippen LogP contribution >= 0.6 is 0 Å². The summed E-state index contributed by atoms with van der Waals surface area (Å²) in [5.74, 6) is -1.72. The minimum Gasteiger partial charge on any atom is -0.494 e. The highest BCUT2D eigenvalue weighted by molar-refractivity contribution is 5.78. The van der Waals surface area contributed by atoms with Crippen LogP contribution in [0.3, 0.4) is 0 Å². The van der Waals surface area contributed by atoms with Crippen molar-refractivity contribution in [2.24, 2.45) is 0 Å². The maximum Gasteiger partial charge on any atom is 0.325 e. The van der Waals surface area contributed by atoms with Gasteiger partial charge in [0.15, 0.2) is 11.6 Å². The Morgan fingerprint density at radius 2 is 2.24 bits per heavy atom. The van der Waals surface area contributed by atoms with Crippen molar-refractivity contribution in [3.63, 3.8) is 0 Å². The molecule has 1 unspecified atom stereocenters. The lowest BCUT2D eigenvalue weighted by atomic mass is 10.0. The van der Waals surface area contributed by atoms with E-state index in [2.05, 4.69) is 5.32 Å². The van der Waals surface area contributed by atoms with Gasteiger partial charge in [-0.2, -0.15) is 0 Å². The molecule has 0 radical (unpaired) electrons. The van der Waals surface area contributed by atoms with Gasteiger partial charge in [-0.25, -0.2) is 4.39 Å². The monoisotopic (exact) mass is 296 g/mol. The van der Waals surface area contributed by atoms with Gasteiger partial charge < -0.3 is 15.2 Å². The molecular formula is C14H17FN2O4. The number of hydrogen-bond acceptors (Lipinski definition) is 4. The normalized spacial score (nSPS) is 17.7. The Labute approximate surface area is 121 Å². The van der Waals surface area contributed by atoms with Gasteiger partial charge in [0.2, 0.25) is 5.91 Å². The van der Waals surface area contributed by atoms with Gasteiger partial charge >= 0.3 is 5.97 Å². The number of benzene rings is 1. The van der Waals surface area contributed by atoms with Crippen LogP contribution in [0.5, 0.6) is 5.75 Å². The second-order valence-corrected chi connectivity index (χ2v) is 4.77. The van der Waals surface area contributed by atoms with Crippen molar-refractivity contribution < 1.29 is 23.8 Å². The number of halogens is 1. The SMILES string of the molecule is COc1ccc(C(C(=O)O)N2CCNC(=O)CC2)cc1F. The van der Waals surface area contributed by atoms with Gasteiger partial charge in [0.25, 0.3) is 0 Å². The molecule has 0 saturated carbocycles. The molecule has 0 aliphatic carbocycles. The predicted molar refractivity (Wildman–Crippen MR) is 72.5 cm³/mol. The van der Waals surface area contributed by atoms with E-state index in [-0.39, 0.29) is 18.1 Å². The zero-order valence-electron chi connectivity index (χ0n) is 11.6. The van der Waals surface area contributed by atoms with E-state index in [1.165, 1.54) is 19.2 Å². The molecule has 7 heteroatoms. The van der Waals surface area contributed by atoms with Crippen LogP contribution in [0.2, 0.25) is 0 Å². The van der Waals surface area contributed by atoms with Crippen molar-refractivity contribution >= 4 is 11.9 Å². The van der Waals surface area contributed by atoms with Crippen LogP contribution in [0.25, 0.3) is 0 Å². The average molecular weight is 296 g/mol. The lowest BCUT2D eigenvalue weighted by Crippen LogP contribution is -2.36. The third kappa shape index (κ3) is 3.49. The highest BCUT2D eigenvalue weighted by atomic mass is 19.1. The van der Waals surface area contributed by atoms with Crippen molar-refractivity contribution in [1.82, 2.24) is 10.2 Å². The summed E-state index contributed by atoms with van der Waals surface area (Å²) in [6, 6.07) is 3.11. The fourth-order valence-electron chi connectivity index (χ4n) is 2.40. The van der Waals surface area contributed by atoms with Gasteiger partial charge in [0, 0.05) is 26.1 Å². The minimum atomic E-state index is -1.08. The van der Waals surface area contributed by atoms with E-state index >= 15 is 0 Å². The topological polar surface area (TPSA) is 78.9 Å². The first-order valence-electron chi connectivity index (χ1n) is 6.60. The molecule has 1 aromatic carbocycles. The third-order valence-electron chi connectivity index (χ3n) is 3.44. The van der Waals surface area contributed by atoms with Gasteiger partial charge in [-0.05, 0) is 17.7 Å². The number of nitrogens with zero attached hydrogens (tertiary/aromatic N) is 1. The molecule has 1 aliphatic heterocycles. The van der Waals surface area contributed by atoms with E-state index in [1.807, 2.05) is 0 Å².